The summed E-state index contributed by atoms with van der Waals surface area (Å²) in [6, 6.07) is 15.4. The van der Waals surface area contributed by atoms with Crippen LogP contribution in [0.3, 0.4) is 0 Å². The highest BCUT2D eigenvalue weighted by atomic mass is 16.5. The maximum absolute atomic E-state index is 9.97. The van der Waals surface area contributed by atoms with Crippen LogP contribution in [0.1, 0.15) is 23.1 Å². The van der Waals surface area contributed by atoms with Crippen molar-refractivity contribution in [3.8, 4) is 17.6 Å². The molecule has 1 aliphatic rings. The lowest BCUT2D eigenvalue weighted by molar-refractivity contribution is 0.152. The van der Waals surface area contributed by atoms with E-state index in [1.165, 1.54) is 11.1 Å². The maximum Gasteiger partial charge on any atom is 0.162 e. The number of aliphatic hydroxyl groups is 1. The van der Waals surface area contributed by atoms with Crippen LogP contribution in [0.2, 0.25) is 0 Å². The summed E-state index contributed by atoms with van der Waals surface area (Å²) in [6.45, 7) is 1.09. The van der Waals surface area contributed by atoms with E-state index in [1.807, 2.05) is 12.1 Å². The first-order chi connectivity index (χ1) is 12.2. The normalized spacial score (nSPS) is 18.4. The van der Waals surface area contributed by atoms with Crippen molar-refractivity contribution in [1.82, 2.24) is 5.32 Å². The average molecular weight is 338 g/mol. The second-order valence-electron chi connectivity index (χ2n) is 6.15. The minimum atomic E-state index is -0.394. The number of nitrogens with one attached hydrogen (secondary N) is 1. The van der Waals surface area contributed by atoms with Crippen LogP contribution in [0.25, 0.3) is 0 Å². The van der Waals surface area contributed by atoms with E-state index in [0.29, 0.717) is 30.2 Å². The molecular formula is C20H22N2O3. The number of aliphatic hydroxyl groups excluding tert-OH is 1. The summed E-state index contributed by atoms with van der Waals surface area (Å²) in [4.78, 5) is 0. The molecule has 0 fully saturated rings. The van der Waals surface area contributed by atoms with Crippen molar-refractivity contribution < 1.29 is 14.6 Å². The predicted octanol–water partition coefficient (Wildman–Crippen LogP) is 2.37. The van der Waals surface area contributed by atoms with Gasteiger partial charge in [0.25, 0.3) is 0 Å². The summed E-state index contributed by atoms with van der Waals surface area (Å²) in [5, 5.41) is 22.4. The van der Waals surface area contributed by atoms with Gasteiger partial charge in [-0.3, -0.25) is 0 Å². The number of rotatable bonds is 7. The van der Waals surface area contributed by atoms with Crippen LogP contribution in [0.4, 0.5) is 0 Å². The molecular weight excluding hydrogens is 316 g/mol. The molecule has 3 rings (SSSR count). The molecule has 2 N–H and O–H groups in total. The van der Waals surface area contributed by atoms with Crippen LogP contribution >= 0.6 is 0 Å². The number of methoxy groups -OCH3 is 1. The first kappa shape index (κ1) is 17.3. The molecule has 5 nitrogen and oxygen atoms in total. The molecule has 2 aromatic rings. The van der Waals surface area contributed by atoms with Crippen LogP contribution in [-0.4, -0.2) is 32.0 Å². The SMILES string of the molecule is COc1cc(C#N)ccc1OCCNC1(CO)CCc2ccccc21. The zero-order valence-corrected chi connectivity index (χ0v) is 14.3. The van der Waals surface area contributed by atoms with Gasteiger partial charge in [0.15, 0.2) is 11.5 Å². The number of benzene rings is 2. The molecule has 0 saturated carbocycles. The van der Waals surface area contributed by atoms with E-state index in [2.05, 4.69) is 23.5 Å². The molecule has 2 aromatic carbocycles. The van der Waals surface area contributed by atoms with E-state index in [-0.39, 0.29) is 6.61 Å². The molecule has 25 heavy (non-hydrogen) atoms. The van der Waals surface area contributed by atoms with Gasteiger partial charge in [0, 0.05) is 12.6 Å². The first-order valence-electron chi connectivity index (χ1n) is 8.37. The van der Waals surface area contributed by atoms with Crippen molar-refractivity contribution in [3.63, 3.8) is 0 Å². The summed E-state index contributed by atoms with van der Waals surface area (Å²) in [6.07, 6.45) is 1.84. The zero-order valence-electron chi connectivity index (χ0n) is 14.3. The molecule has 5 heteroatoms. The Bertz CT molecular complexity index is 785. The third-order valence-electron chi connectivity index (χ3n) is 4.74. The van der Waals surface area contributed by atoms with Gasteiger partial charge in [-0.25, -0.2) is 0 Å². The van der Waals surface area contributed by atoms with Gasteiger partial charge in [-0.2, -0.15) is 5.26 Å². The largest absolute Gasteiger partial charge is 0.493 e. The number of hydrogen-bond acceptors (Lipinski definition) is 5. The lowest BCUT2D eigenvalue weighted by atomic mass is 9.93. The van der Waals surface area contributed by atoms with Crippen molar-refractivity contribution in [2.75, 3.05) is 26.9 Å². The molecule has 1 atom stereocenters. The molecule has 1 unspecified atom stereocenters. The number of nitriles is 1. The Morgan fingerprint density at radius 2 is 2.08 bits per heavy atom. The third kappa shape index (κ3) is 3.46. The number of hydrogen-bond donors (Lipinski definition) is 2. The topological polar surface area (TPSA) is 74.5 Å². The van der Waals surface area contributed by atoms with E-state index in [1.54, 1.807) is 25.3 Å². The smallest absolute Gasteiger partial charge is 0.162 e. The predicted molar refractivity (Wildman–Crippen MR) is 94.7 cm³/mol. The van der Waals surface area contributed by atoms with Gasteiger partial charge in [0.2, 0.25) is 0 Å². The molecule has 0 aliphatic heterocycles. The second-order valence-corrected chi connectivity index (χ2v) is 6.15. The lowest BCUT2D eigenvalue weighted by Gasteiger charge is -2.30. The van der Waals surface area contributed by atoms with Gasteiger partial charge >= 0.3 is 0 Å². The van der Waals surface area contributed by atoms with E-state index >= 15 is 0 Å². The molecule has 0 saturated heterocycles. The monoisotopic (exact) mass is 338 g/mol. The average Bonchev–Trinajstić information content (AvgIpc) is 3.04. The molecule has 0 amide bonds. The number of aryl methyl sites for hydroxylation is 1. The fraction of sp³-hybridized carbons (Fsp3) is 0.350. The number of fused-ring (bicyclic) bond motifs is 1. The quantitative estimate of drug-likeness (QED) is 0.758. The van der Waals surface area contributed by atoms with Gasteiger partial charge in [0.1, 0.15) is 6.61 Å². The Balaban J connectivity index is 1.61. The summed E-state index contributed by atoms with van der Waals surface area (Å²) in [5.74, 6) is 1.15. The number of ether oxygens (including phenoxy) is 2. The molecule has 0 heterocycles. The van der Waals surface area contributed by atoms with Crippen molar-refractivity contribution in [1.29, 1.82) is 5.26 Å². The van der Waals surface area contributed by atoms with Crippen molar-refractivity contribution >= 4 is 0 Å². The highest BCUT2D eigenvalue weighted by molar-refractivity contribution is 5.46. The summed E-state index contributed by atoms with van der Waals surface area (Å²) < 4.78 is 11.1. The number of nitrogens with zero attached hydrogens (tertiary/aromatic N) is 1. The summed E-state index contributed by atoms with van der Waals surface area (Å²) >= 11 is 0. The minimum absolute atomic E-state index is 0.0597. The lowest BCUT2D eigenvalue weighted by Crippen LogP contribution is -2.45. The fourth-order valence-electron chi connectivity index (χ4n) is 3.40. The van der Waals surface area contributed by atoms with Crippen molar-refractivity contribution in [2.45, 2.75) is 18.4 Å². The van der Waals surface area contributed by atoms with Crippen LogP contribution in [-0.2, 0) is 12.0 Å². The molecule has 0 spiro atoms. The Morgan fingerprint density at radius 1 is 1.24 bits per heavy atom. The van der Waals surface area contributed by atoms with Crippen molar-refractivity contribution in [3.05, 3.63) is 59.2 Å². The van der Waals surface area contributed by atoms with Gasteiger partial charge in [0.05, 0.1) is 30.9 Å². The van der Waals surface area contributed by atoms with E-state index in [4.69, 9.17) is 14.7 Å². The van der Waals surface area contributed by atoms with Gasteiger partial charge < -0.3 is 19.9 Å². The van der Waals surface area contributed by atoms with Crippen molar-refractivity contribution in [2.24, 2.45) is 0 Å². The van der Waals surface area contributed by atoms with Crippen LogP contribution in [0, 0.1) is 11.3 Å². The fourth-order valence-corrected chi connectivity index (χ4v) is 3.40. The van der Waals surface area contributed by atoms with E-state index in [9.17, 15) is 5.11 Å². The first-order valence-corrected chi connectivity index (χ1v) is 8.37. The minimum Gasteiger partial charge on any atom is -0.493 e. The highest BCUT2D eigenvalue weighted by Gasteiger charge is 2.37. The maximum atomic E-state index is 9.97. The van der Waals surface area contributed by atoms with Gasteiger partial charge in [-0.15, -0.1) is 0 Å². The second kappa shape index (κ2) is 7.56. The standard InChI is InChI=1S/C20H22N2O3/c1-24-19-12-15(13-21)6-7-18(19)25-11-10-22-20(14-23)9-8-16-4-2-3-5-17(16)20/h2-7,12,22-23H,8-11,14H2,1H3. The van der Waals surface area contributed by atoms with Crippen LogP contribution in [0.5, 0.6) is 11.5 Å². The molecule has 0 aromatic heterocycles. The summed E-state index contributed by atoms with van der Waals surface area (Å²) in [7, 11) is 1.55. The zero-order chi connectivity index (χ0) is 17.7. The Morgan fingerprint density at radius 3 is 2.84 bits per heavy atom. The Hall–Kier alpha value is -2.55. The van der Waals surface area contributed by atoms with E-state index < -0.39 is 5.54 Å². The Labute approximate surface area is 147 Å². The third-order valence-corrected chi connectivity index (χ3v) is 4.74. The van der Waals surface area contributed by atoms with Crippen LogP contribution in [0.15, 0.2) is 42.5 Å². The van der Waals surface area contributed by atoms with E-state index in [0.717, 1.165) is 12.8 Å². The molecule has 0 bridgehead atoms. The Kier molecular flexibility index (Phi) is 5.22. The van der Waals surface area contributed by atoms with Crippen LogP contribution < -0.4 is 14.8 Å². The van der Waals surface area contributed by atoms with Gasteiger partial charge in [-0.1, -0.05) is 24.3 Å². The van der Waals surface area contributed by atoms with Gasteiger partial charge in [-0.05, 0) is 36.1 Å². The highest BCUT2D eigenvalue weighted by Crippen LogP contribution is 2.36. The summed E-state index contributed by atoms with van der Waals surface area (Å²) in [5.41, 5.74) is 2.60. The molecule has 1 aliphatic carbocycles. The molecule has 130 valence electrons. The molecule has 0 radical (unpaired) electrons.